The van der Waals surface area contributed by atoms with Crippen molar-refractivity contribution in [1.29, 1.82) is 0 Å². The Bertz CT molecular complexity index is 1400. The summed E-state index contributed by atoms with van der Waals surface area (Å²) in [5.74, 6) is 0.574. The van der Waals surface area contributed by atoms with Gasteiger partial charge in [-0.3, -0.25) is 4.57 Å². The molecule has 1 aliphatic heterocycles. The van der Waals surface area contributed by atoms with E-state index in [-0.39, 0.29) is 13.0 Å². The SMILES string of the molecule is COCOc1cc(-c2cnn(C3CCCCO3)c2)ccc1-c1cc2c(ccn2C(=O)OC(C)(C)C)nn1. The highest BCUT2D eigenvalue weighted by Crippen LogP contribution is 2.35. The van der Waals surface area contributed by atoms with Crippen molar-refractivity contribution in [2.75, 3.05) is 20.5 Å². The van der Waals surface area contributed by atoms with Crippen molar-refractivity contribution in [2.24, 2.45) is 0 Å². The first-order valence-electron chi connectivity index (χ1n) is 12.3. The van der Waals surface area contributed by atoms with Crippen molar-refractivity contribution >= 4 is 17.1 Å². The Labute approximate surface area is 215 Å². The standard InChI is InChI=1S/C27H31N5O5/c1-27(2,3)37-26(33)31-11-10-21-23(31)14-22(30-29-21)20-9-8-18(13-24(20)36-17-34-4)19-15-28-32(16-19)25-7-5-6-12-35-25/h8-11,13-16,25H,5-7,12,17H2,1-4H3. The van der Waals surface area contributed by atoms with Gasteiger partial charge in [0.2, 0.25) is 0 Å². The van der Waals surface area contributed by atoms with E-state index in [9.17, 15) is 4.79 Å². The molecule has 3 aromatic heterocycles. The molecule has 0 saturated carbocycles. The Balaban J connectivity index is 1.49. The van der Waals surface area contributed by atoms with Crippen LogP contribution in [0.25, 0.3) is 33.4 Å². The van der Waals surface area contributed by atoms with E-state index < -0.39 is 11.7 Å². The summed E-state index contributed by atoms with van der Waals surface area (Å²) in [6.07, 6.45) is 8.11. The smallest absolute Gasteiger partial charge is 0.419 e. The lowest BCUT2D eigenvalue weighted by atomic mass is 10.0. The molecule has 0 N–H and O–H groups in total. The molecule has 4 heterocycles. The second kappa shape index (κ2) is 10.3. The van der Waals surface area contributed by atoms with Gasteiger partial charge in [0.05, 0.1) is 17.4 Å². The summed E-state index contributed by atoms with van der Waals surface area (Å²) in [5, 5.41) is 13.2. The molecule has 37 heavy (non-hydrogen) atoms. The van der Waals surface area contributed by atoms with Crippen LogP contribution in [0.3, 0.4) is 0 Å². The number of nitrogens with zero attached hydrogens (tertiary/aromatic N) is 5. The van der Waals surface area contributed by atoms with Gasteiger partial charge in [0.15, 0.2) is 6.79 Å². The number of carbonyl (C=O) groups is 1. The van der Waals surface area contributed by atoms with Crippen LogP contribution in [0.2, 0.25) is 0 Å². The van der Waals surface area contributed by atoms with Crippen LogP contribution in [0.4, 0.5) is 4.79 Å². The van der Waals surface area contributed by atoms with Gasteiger partial charge in [0.25, 0.3) is 0 Å². The zero-order chi connectivity index (χ0) is 26.0. The number of carbonyl (C=O) groups excluding carboxylic acids is 1. The molecule has 194 valence electrons. The van der Waals surface area contributed by atoms with Crippen molar-refractivity contribution in [3.05, 3.63) is 48.9 Å². The number of aromatic nitrogens is 5. The monoisotopic (exact) mass is 505 g/mol. The normalized spacial score (nSPS) is 16.2. The number of hydrogen-bond acceptors (Lipinski definition) is 8. The molecule has 1 fully saturated rings. The van der Waals surface area contributed by atoms with E-state index in [4.69, 9.17) is 18.9 Å². The van der Waals surface area contributed by atoms with Crippen molar-refractivity contribution in [2.45, 2.75) is 51.9 Å². The summed E-state index contributed by atoms with van der Waals surface area (Å²) in [7, 11) is 1.57. The molecule has 0 spiro atoms. The van der Waals surface area contributed by atoms with Crippen LogP contribution in [-0.4, -0.2) is 56.7 Å². The molecule has 10 heteroatoms. The van der Waals surface area contributed by atoms with Crippen LogP contribution >= 0.6 is 0 Å². The molecule has 1 aliphatic rings. The lowest BCUT2D eigenvalue weighted by Gasteiger charge is -2.22. The van der Waals surface area contributed by atoms with Crippen molar-refractivity contribution in [1.82, 2.24) is 24.5 Å². The zero-order valence-electron chi connectivity index (χ0n) is 21.5. The van der Waals surface area contributed by atoms with Crippen LogP contribution in [-0.2, 0) is 14.2 Å². The molecule has 0 amide bonds. The Morgan fingerprint density at radius 3 is 2.76 bits per heavy atom. The molecular formula is C27H31N5O5. The molecular weight excluding hydrogens is 474 g/mol. The van der Waals surface area contributed by atoms with E-state index >= 15 is 0 Å². The summed E-state index contributed by atoms with van der Waals surface area (Å²) in [6, 6.07) is 9.37. The first kappa shape index (κ1) is 24.9. The van der Waals surface area contributed by atoms with Gasteiger partial charge in [-0.1, -0.05) is 6.07 Å². The highest BCUT2D eigenvalue weighted by Gasteiger charge is 2.21. The highest BCUT2D eigenvalue weighted by molar-refractivity contribution is 5.89. The molecule has 0 bridgehead atoms. The Hall–Kier alpha value is -3.76. The van der Waals surface area contributed by atoms with Crippen molar-refractivity contribution in [3.8, 4) is 28.1 Å². The van der Waals surface area contributed by atoms with Gasteiger partial charge in [0, 0.05) is 37.2 Å². The minimum atomic E-state index is -0.620. The third kappa shape index (κ3) is 5.50. The fourth-order valence-electron chi connectivity index (χ4n) is 4.26. The van der Waals surface area contributed by atoms with Gasteiger partial charge in [-0.05, 0) is 69.9 Å². The number of ether oxygens (including phenoxy) is 4. The number of methoxy groups -OCH3 is 1. The lowest BCUT2D eigenvalue weighted by Crippen LogP contribution is -2.26. The Morgan fingerprint density at radius 1 is 1.14 bits per heavy atom. The minimum absolute atomic E-state index is 0.0331. The maximum atomic E-state index is 12.7. The molecule has 1 atom stereocenters. The highest BCUT2D eigenvalue weighted by atomic mass is 16.7. The molecule has 1 saturated heterocycles. The fraction of sp³-hybridized carbons (Fsp3) is 0.407. The van der Waals surface area contributed by atoms with Gasteiger partial charge in [-0.2, -0.15) is 5.10 Å². The van der Waals surface area contributed by atoms with Crippen molar-refractivity contribution < 1.29 is 23.7 Å². The molecule has 0 radical (unpaired) electrons. The second-order valence-electron chi connectivity index (χ2n) is 9.96. The van der Waals surface area contributed by atoms with Crippen LogP contribution in [0, 0.1) is 0 Å². The topological polar surface area (TPSA) is 103 Å². The van der Waals surface area contributed by atoms with Gasteiger partial charge in [-0.15, -0.1) is 10.2 Å². The third-order valence-corrected chi connectivity index (χ3v) is 6.01. The average molecular weight is 506 g/mol. The molecule has 5 rings (SSSR count). The second-order valence-corrected chi connectivity index (χ2v) is 9.96. The van der Waals surface area contributed by atoms with Crippen LogP contribution in [0.5, 0.6) is 5.75 Å². The Kier molecular flexibility index (Phi) is 6.94. The largest absolute Gasteiger partial charge is 0.467 e. The summed E-state index contributed by atoms with van der Waals surface area (Å²) >= 11 is 0. The Morgan fingerprint density at radius 2 is 2.00 bits per heavy atom. The minimum Gasteiger partial charge on any atom is -0.467 e. The maximum absolute atomic E-state index is 12.7. The molecule has 10 nitrogen and oxygen atoms in total. The van der Waals surface area contributed by atoms with Crippen LogP contribution in [0.15, 0.2) is 48.9 Å². The van der Waals surface area contributed by atoms with Gasteiger partial charge in [0.1, 0.15) is 23.1 Å². The first-order valence-corrected chi connectivity index (χ1v) is 12.3. The lowest BCUT2D eigenvalue weighted by molar-refractivity contribution is -0.0394. The van der Waals surface area contributed by atoms with Gasteiger partial charge < -0.3 is 18.9 Å². The number of rotatable bonds is 6. The molecule has 4 aromatic rings. The van der Waals surface area contributed by atoms with Gasteiger partial charge >= 0.3 is 6.09 Å². The van der Waals surface area contributed by atoms with E-state index in [1.54, 1.807) is 25.4 Å². The predicted octanol–water partition coefficient (Wildman–Crippen LogP) is 5.43. The average Bonchev–Trinajstić information content (AvgIpc) is 3.54. The number of fused-ring (bicyclic) bond motifs is 1. The third-order valence-electron chi connectivity index (χ3n) is 6.01. The van der Waals surface area contributed by atoms with E-state index in [1.165, 1.54) is 4.57 Å². The van der Waals surface area contributed by atoms with E-state index in [0.29, 0.717) is 22.5 Å². The molecule has 0 aliphatic carbocycles. The van der Waals surface area contributed by atoms with E-state index in [2.05, 4.69) is 15.3 Å². The fourth-order valence-corrected chi connectivity index (χ4v) is 4.26. The quantitative estimate of drug-likeness (QED) is 0.320. The van der Waals surface area contributed by atoms with E-state index in [1.807, 2.05) is 56.0 Å². The summed E-state index contributed by atoms with van der Waals surface area (Å²) < 4.78 is 25.8. The summed E-state index contributed by atoms with van der Waals surface area (Å²) in [4.78, 5) is 12.7. The van der Waals surface area contributed by atoms with E-state index in [0.717, 1.165) is 42.6 Å². The zero-order valence-corrected chi connectivity index (χ0v) is 21.5. The first-order chi connectivity index (χ1) is 17.8. The molecule has 1 aromatic carbocycles. The van der Waals surface area contributed by atoms with Crippen LogP contribution in [0.1, 0.15) is 46.3 Å². The van der Waals surface area contributed by atoms with Crippen LogP contribution < -0.4 is 4.74 Å². The number of benzene rings is 1. The van der Waals surface area contributed by atoms with Gasteiger partial charge in [-0.25, -0.2) is 9.48 Å². The maximum Gasteiger partial charge on any atom is 0.419 e. The molecule has 1 unspecified atom stereocenters. The number of hydrogen-bond donors (Lipinski definition) is 0. The summed E-state index contributed by atoms with van der Waals surface area (Å²) in [6.45, 7) is 6.31. The van der Waals surface area contributed by atoms with Crippen molar-refractivity contribution in [3.63, 3.8) is 0 Å². The predicted molar refractivity (Wildman–Crippen MR) is 137 cm³/mol. The summed E-state index contributed by atoms with van der Waals surface area (Å²) in [5.41, 5.74) is 3.71.